The molecule has 1 nitrogen and oxygen atoms in total. The molecule has 1 unspecified atom stereocenters. The molecular formula is C13H16BrNS2. The third-order valence-electron chi connectivity index (χ3n) is 2.82. The third kappa shape index (κ3) is 3.41. The van der Waals surface area contributed by atoms with Crippen LogP contribution in [0.5, 0.6) is 0 Å². The van der Waals surface area contributed by atoms with Gasteiger partial charge in [-0.25, -0.2) is 0 Å². The minimum absolute atomic E-state index is 0.411. The van der Waals surface area contributed by atoms with Crippen LogP contribution in [0.25, 0.3) is 0 Å². The van der Waals surface area contributed by atoms with Gasteiger partial charge >= 0.3 is 0 Å². The second kappa shape index (κ2) is 5.65. The van der Waals surface area contributed by atoms with Gasteiger partial charge in [0.2, 0.25) is 0 Å². The molecule has 17 heavy (non-hydrogen) atoms. The van der Waals surface area contributed by atoms with Crippen LogP contribution in [0.2, 0.25) is 0 Å². The lowest BCUT2D eigenvalue weighted by Gasteiger charge is -2.10. The van der Waals surface area contributed by atoms with E-state index in [0.717, 1.165) is 6.54 Å². The molecule has 0 saturated heterocycles. The van der Waals surface area contributed by atoms with Crippen molar-refractivity contribution in [1.29, 1.82) is 0 Å². The first-order valence-corrected chi connectivity index (χ1v) is 8.03. The summed E-state index contributed by atoms with van der Waals surface area (Å²) >= 11 is 7.19. The Balaban J connectivity index is 1.94. The first kappa shape index (κ1) is 13.3. The molecule has 0 bridgehead atoms. The van der Waals surface area contributed by atoms with E-state index >= 15 is 0 Å². The number of nitrogens with one attached hydrogen (secondary N) is 1. The van der Waals surface area contributed by atoms with E-state index in [1.54, 1.807) is 11.3 Å². The van der Waals surface area contributed by atoms with E-state index in [1.807, 2.05) is 11.3 Å². The maximum atomic E-state index is 3.57. The Morgan fingerprint density at radius 2 is 2.06 bits per heavy atom. The molecule has 0 aliphatic carbocycles. The molecule has 0 aliphatic heterocycles. The number of hydrogen-bond donors (Lipinski definition) is 1. The third-order valence-corrected chi connectivity index (χ3v) is 5.78. The second-order valence-electron chi connectivity index (χ2n) is 4.20. The monoisotopic (exact) mass is 329 g/mol. The topological polar surface area (TPSA) is 12.0 Å². The predicted molar refractivity (Wildman–Crippen MR) is 81.1 cm³/mol. The van der Waals surface area contributed by atoms with Crippen molar-refractivity contribution >= 4 is 38.6 Å². The summed E-state index contributed by atoms with van der Waals surface area (Å²) in [6, 6.07) is 6.98. The zero-order valence-corrected chi connectivity index (χ0v) is 13.4. The summed E-state index contributed by atoms with van der Waals surface area (Å²) in [4.78, 5) is 4.22. The normalized spacial score (nSPS) is 12.9. The van der Waals surface area contributed by atoms with Gasteiger partial charge in [-0.1, -0.05) is 0 Å². The lowest BCUT2D eigenvalue weighted by atomic mass is 10.2. The van der Waals surface area contributed by atoms with Crippen molar-refractivity contribution in [3.05, 3.63) is 42.2 Å². The second-order valence-corrected chi connectivity index (χ2v) is 8.03. The highest BCUT2D eigenvalue weighted by atomic mass is 79.9. The Kier molecular flexibility index (Phi) is 4.42. The van der Waals surface area contributed by atoms with Gasteiger partial charge in [0.05, 0.1) is 3.79 Å². The van der Waals surface area contributed by atoms with E-state index < -0.39 is 0 Å². The highest BCUT2D eigenvalue weighted by Crippen LogP contribution is 2.28. The molecule has 4 heteroatoms. The standard InChI is InChI=1S/C13H16BrNS2/c1-8-6-11(16-10(8)3)7-15-9(2)12-4-5-13(14)17-12/h4-6,9,15H,7H2,1-3H3. The highest BCUT2D eigenvalue weighted by Gasteiger charge is 2.08. The van der Waals surface area contributed by atoms with Crippen LogP contribution >= 0.6 is 38.6 Å². The quantitative estimate of drug-likeness (QED) is 0.828. The van der Waals surface area contributed by atoms with E-state index in [4.69, 9.17) is 0 Å². The lowest BCUT2D eigenvalue weighted by molar-refractivity contribution is 0.587. The van der Waals surface area contributed by atoms with Crippen molar-refractivity contribution < 1.29 is 0 Å². The van der Waals surface area contributed by atoms with Crippen molar-refractivity contribution in [2.24, 2.45) is 0 Å². The average Bonchev–Trinajstić information content (AvgIpc) is 2.83. The average molecular weight is 330 g/mol. The van der Waals surface area contributed by atoms with Crippen LogP contribution in [0, 0.1) is 13.8 Å². The zero-order valence-electron chi connectivity index (χ0n) is 10.2. The molecule has 2 aromatic rings. The van der Waals surface area contributed by atoms with E-state index in [2.05, 4.69) is 60.2 Å². The first-order valence-electron chi connectivity index (χ1n) is 5.61. The number of rotatable bonds is 4. The van der Waals surface area contributed by atoms with Crippen LogP contribution < -0.4 is 5.32 Å². The fraction of sp³-hybridized carbons (Fsp3) is 0.385. The van der Waals surface area contributed by atoms with Crippen molar-refractivity contribution in [2.75, 3.05) is 0 Å². The van der Waals surface area contributed by atoms with Crippen molar-refractivity contribution in [1.82, 2.24) is 5.32 Å². The van der Waals surface area contributed by atoms with Crippen LogP contribution in [0.3, 0.4) is 0 Å². The summed E-state index contributed by atoms with van der Waals surface area (Å²) in [5.74, 6) is 0. The van der Waals surface area contributed by atoms with Crippen LogP contribution in [0.1, 0.15) is 33.2 Å². The van der Waals surface area contributed by atoms with E-state index in [-0.39, 0.29) is 0 Å². The van der Waals surface area contributed by atoms with Gasteiger partial charge in [0.15, 0.2) is 0 Å². The molecule has 2 heterocycles. The van der Waals surface area contributed by atoms with Gasteiger partial charge in [0.1, 0.15) is 0 Å². The molecule has 1 N–H and O–H groups in total. The van der Waals surface area contributed by atoms with Gasteiger partial charge < -0.3 is 5.32 Å². The minimum Gasteiger partial charge on any atom is -0.305 e. The summed E-state index contributed by atoms with van der Waals surface area (Å²) in [7, 11) is 0. The molecule has 0 amide bonds. The minimum atomic E-state index is 0.411. The molecule has 0 spiro atoms. The fourth-order valence-electron chi connectivity index (χ4n) is 1.65. The van der Waals surface area contributed by atoms with Gasteiger partial charge in [-0.3, -0.25) is 0 Å². The van der Waals surface area contributed by atoms with Gasteiger partial charge in [0.25, 0.3) is 0 Å². The van der Waals surface area contributed by atoms with Gasteiger partial charge in [-0.15, -0.1) is 22.7 Å². The maximum absolute atomic E-state index is 3.57. The Morgan fingerprint density at radius 3 is 2.59 bits per heavy atom. The van der Waals surface area contributed by atoms with Crippen LogP contribution in [0.4, 0.5) is 0 Å². The number of halogens is 1. The maximum Gasteiger partial charge on any atom is 0.0701 e. The molecule has 2 aromatic heterocycles. The van der Waals surface area contributed by atoms with Gasteiger partial charge in [-0.2, -0.15) is 0 Å². The molecule has 0 radical (unpaired) electrons. The molecule has 0 saturated carbocycles. The summed E-state index contributed by atoms with van der Waals surface area (Å²) in [6.45, 7) is 7.53. The Bertz CT molecular complexity index is 482. The number of thiophene rings is 2. The van der Waals surface area contributed by atoms with Gasteiger partial charge in [-0.05, 0) is 60.5 Å². The highest BCUT2D eigenvalue weighted by molar-refractivity contribution is 9.11. The molecule has 92 valence electrons. The Hall–Kier alpha value is -0.160. The number of aryl methyl sites for hydroxylation is 2. The van der Waals surface area contributed by atoms with Gasteiger partial charge in [0, 0.05) is 27.2 Å². The van der Waals surface area contributed by atoms with Crippen LogP contribution in [-0.2, 0) is 6.54 Å². The fourth-order valence-corrected chi connectivity index (χ4v) is 4.11. The molecule has 2 rings (SSSR count). The molecule has 0 aliphatic rings. The Labute approximate surface area is 119 Å². The first-order chi connectivity index (χ1) is 8.06. The van der Waals surface area contributed by atoms with E-state index in [9.17, 15) is 0 Å². The molecule has 0 aromatic carbocycles. The largest absolute Gasteiger partial charge is 0.305 e. The summed E-state index contributed by atoms with van der Waals surface area (Å²) < 4.78 is 1.20. The Morgan fingerprint density at radius 1 is 1.29 bits per heavy atom. The van der Waals surface area contributed by atoms with Crippen LogP contribution in [-0.4, -0.2) is 0 Å². The molecule has 0 fully saturated rings. The SMILES string of the molecule is Cc1cc(CNC(C)c2ccc(Br)s2)sc1C. The predicted octanol–water partition coefficient (Wildman–Crippen LogP) is 5.04. The smallest absolute Gasteiger partial charge is 0.0701 e. The zero-order chi connectivity index (χ0) is 12.4. The molecule has 1 atom stereocenters. The van der Waals surface area contributed by atoms with Crippen molar-refractivity contribution in [3.8, 4) is 0 Å². The van der Waals surface area contributed by atoms with E-state index in [0.29, 0.717) is 6.04 Å². The summed E-state index contributed by atoms with van der Waals surface area (Å²) in [6.07, 6.45) is 0. The van der Waals surface area contributed by atoms with Crippen LogP contribution in [0.15, 0.2) is 22.0 Å². The van der Waals surface area contributed by atoms with E-state index in [1.165, 1.54) is 24.0 Å². The summed E-state index contributed by atoms with van der Waals surface area (Å²) in [5, 5.41) is 3.57. The molecular weight excluding hydrogens is 314 g/mol. The summed E-state index contributed by atoms with van der Waals surface area (Å²) in [5.41, 5.74) is 1.40. The number of hydrogen-bond acceptors (Lipinski definition) is 3. The van der Waals surface area contributed by atoms with Crippen molar-refractivity contribution in [3.63, 3.8) is 0 Å². The van der Waals surface area contributed by atoms with Crippen molar-refractivity contribution in [2.45, 2.75) is 33.4 Å². The lowest BCUT2D eigenvalue weighted by Crippen LogP contribution is -2.16.